The van der Waals surface area contributed by atoms with Crippen molar-refractivity contribution >= 4 is 11.4 Å². The van der Waals surface area contributed by atoms with Gasteiger partial charge in [-0.05, 0) is 20.0 Å². The number of hydrogen-bond donors (Lipinski definition) is 2. The van der Waals surface area contributed by atoms with Crippen LogP contribution in [0.5, 0.6) is 0 Å². The van der Waals surface area contributed by atoms with E-state index in [1.165, 1.54) is 0 Å². The van der Waals surface area contributed by atoms with Crippen LogP contribution in [0.3, 0.4) is 0 Å². The van der Waals surface area contributed by atoms with E-state index >= 15 is 0 Å². The number of oxime groups is 1. The number of hydrogen-bond acceptors (Lipinski definition) is 4. The van der Waals surface area contributed by atoms with Crippen molar-refractivity contribution in [1.82, 2.24) is 5.32 Å². The van der Waals surface area contributed by atoms with E-state index in [4.69, 9.17) is 0 Å². The maximum absolute atomic E-state index is 9.51. The van der Waals surface area contributed by atoms with Crippen molar-refractivity contribution in [3.05, 3.63) is 71.8 Å². The third-order valence-electron chi connectivity index (χ3n) is 3.27. The number of benzene rings is 2. The molecule has 2 aromatic rings. The number of aliphatic imine (C=N–C) groups is 1. The van der Waals surface area contributed by atoms with Gasteiger partial charge in [-0.25, -0.2) is 0 Å². The van der Waals surface area contributed by atoms with Gasteiger partial charge in [0.1, 0.15) is 5.71 Å². The first-order chi connectivity index (χ1) is 10.9. The fourth-order valence-corrected chi connectivity index (χ4v) is 2.18. The summed E-state index contributed by atoms with van der Waals surface area (Å²) < 4.78 is 0. The van der Waals surface area contributed by atoms with Gasteiger partial charge in [0.2, 0.25) is 0 Å². The fraction of sp³-hybridized carbons (Fsp3) is 0.222. The van der Waals surface area contributed by atoms with Crippen LogP contribution in [0.2, 0.25) is 0 Å². The minimum atomic E-state index is 0.497. The molecule has 4 nitrogen and oxygen atoms in total. The third-order valence-corrected chi connectivity index (χ3v) is 3.27. The molecule has 0 aliphatic rings. The van der Waals surface area contributed by atoms with Crippen LogP contribution in [0.25, 0.3) is 0 Å². The quantitative estimate of drug-likeness (QED) is 0.357. The van der Waals surface area contributed by atoms with Crippen molar-refractivity contribution in [2.45, 2.75) is 6.42 Å². The first-order valence-corrected chi connectivity index (χ1v) is 7.39. The first kappa shape index (κ1) is 15.9. The van der Waals surface area contributed by atoms with E-state index in [2.05, 4.69) is 15.5 Å². The number of rotatable bonds is 7. The van der Waals surface area contributed by atoms with Gasteiger partial charge in [0, 0.05) is 17.7 Å². The van der Waals surface area contributed by atoms with Gasteiger partial charge in [-0.3, -0.25) is 4.99 Å². The first-order valence-electron chi connectivity index (χ1n) is 7.39. The summed E-state index contributed by atoms with van der Waals surface area (Å²) in [5, 5.41) is 16.1. The Morgan fingerprint density at radius 1 is 0.909 bits per heavy atom. The zero-order chi connectivity index (χ0) is 15.6. The zero-order valence-corrected chi connectivity index (χ0v) is 12.7. The smallest absolute Gasteiger partial charge is 0.135 e. The van der Waals surface area contributed by atoms with E-state index in [0.29, 0.717) is 18.0 Å². The van der Waals surface area contributed by atoms with Gasteiger partial charge in [-0.2, -0.15) is 0 Å². The summed E-state index contributed by atoms with van der Waals surface area (Å²) in [5.74, 6) is 0. The molecule has 0 aliphatic carbocycles. The van der Waals surface area contributed by atoms with Crippen LogP contribution in [-0.4, -0.2) is 36.8 Å². The van der Waals surface area contributed by atoms with E-state index in [0.717, 1.165) is 24.1 Å². The van der Waals surface area contributed by atoms with Crippen molar-refractivity contribution in [2.24, 2.45) is 10.1 Å². The summed E-state index contributed by atoms with van der Waals surface area (Å²) in [6.45, 7) is 1.58. The van der Waals surface area contributed by atoms with Crippen molar-refractivity contribution in [3.63, 3.8) is 0 Å². The minimum Gasteiger partial charge on any atom is -0.410 e. The summed E-state index contributed by atoms with van der Waals surface area (Å²) in [7, 11) is 1.92. The van der Waals surface area contributed by atoms with Gasteiger partial charge in [0.15, 0.2) is 0 Å². The van der Waals surface area contributed by atoms with E-state index in [9.17, 15) is 5.21 Å². The molecule has 0 bridgehead atoms. The average Bonchev–Trinajstić information content (AvgIpc) is 2.59. The highest BCUT2D eigenvalue weighted by Crippen LogP contribution is 2.10. The topological polar surface area (TPSA) is 57.0 Å². The second-order valence-electron chi connectivity index (χ2n) is 4.87. The summed E-state index contributed by atoms with van der Waals surface area (Å²) in [6, 6.07) is 19.4. The number of nitrogens with one attached hydrogen (secondary N) is 1. The Kier molecular flexibility index (Phi) is 6.33. The highest BCUT2D eigenvalue weighted by Gasteiger charge is 2.14. The molecule has 2 N–H and O–H groups in total. The molecule has 0 radical (unpaired) electrons. The zero-order valence-electron chi connectivity index (χ0n) is 12.7. The summed E-state index contributed by atoms with van der Waals surface area (Å²) in [5.41, 5.74) is 3.01. The lowest BCUT2D eigenvalue weighted by Gasteiger charge is -2.10. The Labute approximate surface area is 131 Å². The third kappa shape index (κ3) is 4.27. The van der Waals surface area contributed by atoms with Crippen LogP contribution in [0.4, 0.5) is 0 Å². The molecular weight excluding hydrogens is 274 g/mol. The molecule has 0 amide bonds. The lowest BCUT2D eigenvalue weighted by molar-refractivity contribution is 0.320. The number of nitrogens with zero attached hydrogens (tertiary/aromatic N) is 2. The maximum Gasteiger partial charge on any atom is 0.135 e. The Morgan fingerprint density at radius 3 is 1.95 bits per heavy atom. The molecule has 0 aromatic heterocycles. The lowest BCUT2D eigenvalue weighted by atomic mass is 10.00. The minimum absolute atomic E-state index is 0.497. The SMILES string of the molecule is CNCCCN=C(/C(=N/O)c1ccccc1)c1ccccc1. The van der Waals surface area contributed by atoms with Crippen LogP contribution < -0.4 is 5.32 Å². The molecular formula is C18H21N3O. The largest absolute Gasteiger partial charge is 0.410 e. The van der Waals surface area contributed by atoms with Gasteiger partial charge < -0.3 is 10.5 Å². The molecule has 2 rings (SSSR count). The van der Waals surface area contributed by atoms with Gasteiger partial charge in [-0.1, -0.05) is 65.8 Å². The van der Waals surface area contributed by atoms with Crippen LogP contribution in [0, 0.1) is 0 Å². The molecule has 0 saturated carbocycles. The molecule has 114 valence electrons. The Balaban J connectivity index is 2.35. The summed E-state index contributed by atoms with van der Waals surface area (Å²) in [4.78, 5) is 4.66. The molecule has 0 atom stereocenters. The normalized spacial score (nSPS) is 12.4. The van der Waals surface area contributed by atoms with Gasteiger partial charge in [-0.15, -0.1) is 0 Å². The van der Waals surface area contributed by atoms with Gasteiger partial charge in [0.25, 0.3) is 0 Å². The molecule has 22 heavy (non-hydrogen) atoms. The molecule has 0 unspecified atom stereocenters. The van der Waals surface area contributed by atoms with Gasteiger partial charge >= 0.3 is 0 Å². The van der Waals surface area contributed by atoms with E-state index in [-0.39, 0.29) is 0 Å². The van der Waals surface area contributed by atoms with Crippen LogP contribution >= 0.6 is 0 Å². The van der Waals surface area contributed by atoms with Crippen LogP contribution in [-0.2, 0) is 0 Å². The van der Waals surface area contributed by atoms with Crippen molar-refractivity contribution in [2.75, 3.05) is 20.1 Å². The van der Waals surface area contributed by atoms with Crippen LogP contribution in [0.15, 0.2) is 70.8 Å². The summed E-state index contributed by atoms with van der Waals surface area (Å²) in [6.07, 6.45) is 0.931. The molecule has 0 heterocycles. The average molecular weight is 295 g/mol. The predicted octanol–water partition coefficient (Wildman–Crippen LogP) is 2.96. The lowest BCUT2D eigenvalue weighted by Crippen LogP contribution is -2.18. The van der Waals surface area contributed by atoms with Crippen LogP contribution in [0.1, 0.15) is 17.5 Å². The van der Waals surface area contributed by atoms with E-state index in [1.807, 2.05) is 67.7 Å². The second kappa shape index (κ2) is 8.74. The molecule has 4 heteroatoms. The molecule has 0 fully saturated rings. The van der Waals surface area contributed by atoms with E-state index < -0.39 is 0 Å². The Bertz CT molecular complexity index is 621. The standard InChI is InChI=1S/C18H21N3O/c1-19-13-8-14-20-17(15-9-4-2-5-10-15)18(21-22)16-11-6-3-7-12-16/h2-7,9-12,19,22H,8,13-14H2,1H3/b20-17?,21-18+. The molecule has 0 aliphatic heterocycles. The van der Waals surface area contributed by atoms with Gasteiger partial charge in [0.05, 0.1) is 5.71 Å². The Hall–Kier alpha value is -2.46. The maximum atomic E-state index is 9.51. The second-order valence-corrected chi connectivity index (χ2v) is 4.87. The molecule has 2 aromatic carbocycles. The molecule has 0 spiro atoms. The molecule has 0 saturated heterocycles. The Morgan fingerprint density at radius 2 is 1.45 bits per heavy atom. The van der Waals surface area contributed by atoms with Crippen molar-refractivity contribution in [1.29, 1.82) is 0 Å². The highest BCUT2D eigenvalue weighted by molar-refractivity contribution is 6.53. The monoisotopic (exact) mass is 295 g/mol. The van der Waals surface area contributed by atoms with Crippen molar-refractivity contribution in [3.8, 4) is 0 Å². The highest BCUT2D eigenvalue weighted by atomic mass is 16.4. The fourth-order valence-electron chi connectivity index (χ4n) is 2.18. The van der Waals surface area contributed by atoms with E-state index in [1.54, 1.807) is 0 Å². The predicted molar refractivity (Wildman–Crippen MR) is 91.2 cm³/mol. The summed E-state index contributed by atoms with van der Waals surface area (Å²) >= 11 is 0. The van der Waals surface area contributed by atoms with Crippen molar-refractivity contribution < 1.29 is 5.21 Å².